The molecule has 1 aliphatic heterocycles. The van der Waals surface area contributed by atoms with Crippen molar-refractivity contribution in [2.24, 2.45) is 5.92 Å². The summed E-state index contributed by atoms with van der Waals surface area (Å²) in [6, 6.07) is 5.93. The molecule has 4 heteroatoms. The molecule has 1 unspecified atom stereocenters. The number of hydrogen-bond donors (Lipinski definition) is 1. The van der Waals surface area contributed by atoms with E-state index in [9.17, 15) is 0 Å². The summed E-state index contributed by atoms with van der Waals surface area (Å²) in [5.41, 5.74) is 1.07. The van der Waals surface area contributed by atoms with Gasteiger partial charge in [-0.1, -0.05) is 11.6 Å². The molecule has 0 aliphatic carbocycles. The molecule has 2 nitrogen and oxygen atoms in total. The van der Waals surface area contributed by atoms with E-state index in [2.05, 4.69) is 21.2 Å². The normalized spacial score (nSPS) is 20.8. The van der Waals surface area contributed by atoms with Gasteiger partial charge in [-0.15, -0.1) is 0 Å². The van der Waals surface area contributed by atoms with Crippen LogP contribution in [0.15, 0.2) is 22.7 Å². The number of anilines is 1. The Bertz CT molecular complexity index is 353. The quantitative estimate of drug-likeness (QED) is 0.913. The number of nitrogens with one attached hydrogen (secondary N) is 1. The molecule has 1 heterocycles. The molecule has 0 spiro atoms. The molecule has 0 bridgehead atoms. The highest BCUT2D eigenvalue weighted by Crippen LogP contribution is 2.26. The van der Waals surface area contributed by atoms with Crippen LogP contribution in [0, 0.1) is 5.92 Å². The Balaban J connectivity index is 1.86. The first-order valence-corrected chi connectivity index (χ1v) is 6.69. The Morgan fingerprint density at radius 1 is 1.50 bits per heavy atom. The van der Waals surface area contributed by atoms with Crippen molar-refractivity contribution >= 4 is 33.2 Å². The third-order valence-corrected chi connectivity index (χ3v) is 4.00. The van der Waals surface area contributed by atoms with Crippen LogP contribution >= 0.6 is 27.5 Å². The molecule has 0 amide bonds. The maximum absolute atomic E-state index is 6.02. The molecule has 0 saturated carbocycles. The average Bonchev–Trinajstić information content (AvgIpc) is 2.32. The smallest absolute Gasteiger partial charge is 0.0568 e. The molecular formula is C12H15BrClNO. The van der Waals surface area contributed by atoms with Gasteiger partial charge in [0, 0.05) is 23.3 Å². The van der Waals surface area contributed by atoms with Gasteiger partial charge in [-0.05, 0) is 52.9 Å². The third-order valence-electron chi connectivity index (χ3n) is 2.77. The van der Waals surface area contributed by atoms with Crippen LogP contribution < -0.4 is 5.32 Å². The van der Waals surface area contributed by atoms with Crippen LogP contribution in [0.2, 0.25) is 5.02 Å². The zero-order valence-corrected chi connectivity index (χ0v) is 11.4. The highest BCUT2D eigenvalue weighted by atomic mass is 79.9. The van der Waals surface area contributed by atoms with Gasteiger partial charge >= 0.3 is 0 Å². The lowest BCUT2D eigenvalue weighted by Crippen LogP contribution is -2.24. The molecular weight excluding hydrogens is 289 g/mol. The van der Waals surface area contributed by atoms with Gasteiger partial charge in [-0.3, -0.25) is 0 Å². The van der Waals surface area contributed by atoms with E-state index in [1.165, 1.54) is 12.8 Å². The number of rotatable bonds is 3. The van der Waals surface area contributed by atoms with E-state index in [4.69, 9.17) is 16.3 Å². The van der Waals surface area contributed by atoms with Crippen molar-refractivity contribution in [2.75, 3.05) is 25.1 Å². The third kappa shape index (κ3) is 3.37. The lowest BCUT2D eigenvalue weighted by Gasteiger charge is -2.22. The second-order valence-electron chi connectivity index (χ2n) is 4.09. The van der Waals surface area contributed by atoms with E-state index in [0.717, 1.165) is 34.9 Å². The maximum Gasteiger partial charge on any atom is 0.0568 e. The van der Waals surface area contributed by atoms with E-state index in [1.807, 2.05) is 18.2 Å². The summed E-state index contributed by atoms with van der Waals surface area (Å²) in [5, 5.41) is 4.14. The zero-order valence-electron chi connectivity index (χ0n) is 9.01. The molecule has 1 aromatic carbocycles. The van der Waals surface area contributed by atoms with Gasteiger partial charge in [0.1, 0.15) is 0 Å². The molecule has 0 radical (unpaired) electrons. The van der Waals surface area contributed by atoms with Crippen LogP contribution in [0.25, 0.3) is 0 Å². The van der Waals surface area contributed by atoms with E-state index < -0.39 is 0 Å². The van der Waals surface area contributed by atoms with Crippen LogP contribution in [-0.4, -0.2) is 19.8 Å². The van der Waals surface area contributed by atoms with Crippen molar-refractivity contribution in [2.45, 2.75) is 12.8 Å². The molecule has 1 saturated heterocycles. The van der Waals surface area contributed by atoms with E-state index in [0.29, 0.717) is 5.92 Å². The van der Waals surface area contributed by atoms with Crippen LogP contribution in [0.1, 0.15) is 12.8 Å². The van der Waals surface area contributed by atoms with E-state index in [1.54, 1.807) is 0 Å². The Labute approximate surface area is 109 Å². The minimum absolute atomic E-state index is 0.621. The highest BCUT2D eigenvalue weighted by molar-refractivity contribution is 9.10. The largest absolute Gasteiger partial charge is 0.385 e. The Morgan fingerprint density at radius 2 is 2.38 bits per heavy atom. The van der Waals surface area contributed by atoms with Crippen molar-refractivity contribution in [3.63, 3.8) is 0 Å². The minimum Gasteiger partial charge on any atom is -0.385 e. The van der Waals surface area contributed by atoms with Crippen molar-refractivity contribution < 1.29 is 4.74 Å². The van der Waals surface area contributed by atoms with E-state index >= 15 is 0 Å². The lowest BCUT2D eigenvalue weighted by atomic mass is 10.0. The molecule has 1 N–H and O–H groups in total. The fraction of sp³-hybridized carbons (Fsp3) is 0.500. The van der Waals surface area contributed by atoms with Crippen LogP contribution in [0.3, 0.4) is 0 Å². The number of halogens is 2. The van der Waals surface area contributed by atoms with Crippen molar-refractivity contribution in [3.8, 4) is 0 Å². The van der Waals surface area contributed by atoms with Crippen LogP contribution in [-0.2, 0) is 4.74 Å². The summed E-state index contributed by atoms with van der Waals surface area (Å²) in [6.45, 7) is 2.75. The first-order chi connectivity index (χ1) is 7.75. The second-order valence-corrected chi connectivity index (χ2v) is 5.35. The summed E-state index contributed by atoms with van der Waals surface area (Å²) in [7, 11) is 0. The second kappa shape index (κ2) is 5.89. The predicted octanol–water partition coefficient (Wildman–Crippen LogP) is 3.94. The molecule has 1 atom stereocenters. The van der Waals surface area contributed by atoms with Crippen LogP contribution in [0.5, 0.6) is 0 Å². The van der Waals surface area contributed by atoms with Gasteiger partial charge < -0.3 is 10.1 Å². The number of ether oxygens (including phenoxy) is 1. The van der Waals surface area contributed by atoms with Gasteiger partial charge in [0.25, 0.3) is 0 Å². The fourth-order valence-corrected chi connectivity index (χ4v) is 2.26. The highest BCUT2D eigenvalue weighted by Gasteiger charge is 2.13. The minimum atomic E-state index is 0.621. The zero-order chi connectivity index (χ0) is 11.4. The summed E-state index contributed by atoms with van der Waals surface area (Å²) >= 11 is 9.40. The predicted molar refractivity (Wildman–Crippen MR) is 71.2 cm³/mol. The molecule has 1 aromatic rings. The topological polar surface area (TPSA) is 21.3 Å². The van der Waals surface area contributed by atoms with Gasteiger partial charge in [-0.25, -0.2) is 0 Å². The SMILES string of the molecule is Clc1cc(NCC2CCCOC2)ccc1Br. The summed E-state index contributed by atoms with van der Waals surface area (Å²) in [6.07, 6.45) is 2.42. The molecule has 88 valence electrons. The molecule has 2 rings (SSSR count). The molecule has 0 aromatic heterocycles. The summed E-state index contributed by atoms with van der Waals surface area (Å²) in [5.74, 6) is 0.621. The maximum atomic E-state index is 6.02. The van der Waals surface area contributed by atoms with Gasteiger partial charge in [0.15, 0.2) is 0 Å². The van der Waals surface area contributed by atoms with Crippen molar-refractivity contribution in [3.05, 3.63) is 27.7 Å². The number of benzene rings is 1. The van der Waals surface area contributed by atoms with Gasteiger partial charge in [0.05, 0.1) is 11.6 Å². The number of hydrogen-bond acceptors (Lipinski definition) is 2. The molecule has 1 fully saturated rings. The summed E-state index contributed by atoms with van der Waals surface area (Å²) in [4.78, 5) is 0. The van der Waals surface area contributed by atoms with Crippen molar-refractivity contribution in [1.29, 1.82) is 0 Å². The Hall–Kier alpha value is -0.250. The Morgan fingerprint density at radius 3 is 3.06 bits per heavy atom. The van der Waals surface area contributed by atoms with E-state index in [-0.39, 0.29) is 0 Å². The molecule has 16 heavy (non-hydrogen) atoms. The van der Waals surface area contributed by atoms with Gasteiger partial charge in [0.2, 0.25) is 0 Å². The van der Waals surface area contributed by atoms with Crippen molar-refractivity contribution in [1.82, 2.24) is 0 Å². The first kappa shape index (κ1) is 12.2. The lowest BCUT2D eigenvalue weighted by molar-refractivity contribution is 0.0595. The average molecular weight is 305 g/mol. The van der Waals surface area contributed by atoms with Gasteiger partial charge in [-0.2, -0.15) is 0 Å². The monoisotopic (exact) mass is 303 g/mol. The summed E-state index contributed by atoms with van der Waals surface area (Å²) < 4.78 is 6.37. The van der Waals surface area contributed by atoms with Crippen LogP contribution in [0.4, 0.5) is 5.69 Å². The molecule has 1 aliphatic rings. The fourth-order valence-electron chi connectivity index (χ4n) is 1.84. The first-order valence-electron chi connectivity index (χ1n) is 5.52. The standard InChI is InChI=1S/C12H15BrClNO/c13-11-4-3-10(6-12(11)14)15-7-9-2-1-5-16-8-9/h3-4,6,9,15H,1-2,5,7-8H2. The Kier molecular flexibility index (Phi) is 4.50.